The summed E-state index contributed by atoms with van der Waals surface area (Å²) in [5, 5.41) is 10.3. The largest absolute Gasteiger partial charge is 0.309 e. The Bertz CT molecular complexity index is 4220. The van der Waals surface area contributed by atoms with Gasteiger partial charge in [-0.05, 0) is 119 Å². The number of rotatable bonds is 4. The maximum Gasteiger partial charge on any atom is 0.0544 e. The average Bonchev–Trinajstić information content (AvgIpc) is 4.13. The number of hydrogen-bond acceptors (Lipinski definition) is 0. The first-order chi connectivity index (χ1) is 34.3. The van der Waals surface area contributed by atoms with Gasteiger partial charge in [-0.1, -0.05) is 149 Å². The van der Waals surface area contributed by atoms with Crippen molar-refractivity contribution >= 4 is 87.2 Å². The third-order valence-electron chi connectivity index (χ3n) is 16.1. The van der Waals surface area contributed by atoms with Gasteiger partial charge in [0.15, 0.2) is 0 Å². The van der Waals surface area contributed by atoms with Crippen LogP contribution in [0.15, 0.2) is 218 Å². The zero-order valence-electron chi connectivity index (χ0n) is 39.6. The molecule has 0 atom stereocenters. The molecule has 4 heterocycles. The van der Waals surface area contributed by atoms with E-state index in [0.29, 0.717) is 0 Å². The van der Waals surface area contributed by atoms with Gasteiger partial charge in [0, 0.05) is 76.7 Å². The summed E-state index contributed by atoms with van der Waals surface area (Å²) in [5.74, 6) is 0. The van der Waals surface area contributed by atoms with Gasteiger partial charge in [-0.2, -0.15) is 0 Å². The van der Waals surface area contributed by atoms with Crippen molar-refractivity contribution in [1.82, 2.24) is 18.3 Å². The van der Waals surface area contributed by atoms with Gasteiger partial charge in [-0.15, -0.1) is 0 Å². The average molecular weight is 897 g/mol. The molecule has 15 rings (SSSR count). The van der Waals surface area contributed by atoms with E-state index < -0.39 is 0 Å². The first-order valence-electron chi connectivity index (χ1n) is 24.6. The van der Waals surface area contributed by atoms with Gasteiger partial charge in [0.1, 0.15) is 0 Å². The van der Waals surface area contributed by atoms with Gasteiger partial charge < -0.3 is 18.3 Å². The second kappa shape index (κ2) is 14.0. The highest BCUT2D eigenvalue weighted by molar-refractivity contribution is 6.17. The van der Waals surface area contributed by atoms with Crippen LogP contribution in [0, 0.1) is 0 Å². The van der Waals surface area contributed by atoms with Gasteiger partial charge in [-0.3, -0.25) is 0 Å². The molecule has 0 saturated heterocycles. The van der Waals surface area contributed by atoms with Crippen molar-refractivity contribution in [3.8, 4) is 22.7 Å². The van der Waals surface area contributed by atoms with Crippen molar-refractivity contribution in [1.29, 1.82) is 0 Å². The highest BCUT2D eigenvalue weighted by Crippen LogP contribution is 2.56. The molecule has 0 fully saturated rings. The van der Waals surface area contributed by atoms with Crippen molar-refractivity contribution in [3.63, 3.8) is 0 Å². The van der Waals surface area contributed by atoms with E-state index in [0.717, 1.165) is 0 Å². The highest BCUT2D eigenvalue weighted by atomic mass is 15.0. The van der Waals surface area contributed by atoms with Crippen molar-refractivity contribution in [2.75, 3.05) is 0 Å². The molecule has 4 heteroatoms. The zero-order chi connectivity index (χ0) is 46.6. The molecule has 0 amide bonds. The smallest absolute Gasteiger partial charge is 0.0544 e. The minimum Gasteiger partial charge on any atom is -0.309 e. The van der Waals surface area contributed by atoms with E-state index in [9.17, 15) is 0 Å². The molecule has 70 heavy (non-hydrogen) atoms. The number of nitrogens with zero attached hydrogens (tertiary/aromatic N) is 4. The normalized spacial score (nSPS) is 14.2. The molecular formula is C66H48N4. The van der Waals surface area contributed by atoms with Crippen LogP contribution in [0.2, 0.25) is 0 Å². The Morgan fingerprint density at radius 1 is 0.243 bits per heavy atom. The lowest BCUT2D eigenvalue weighted by Crippen LogP contribution is -2.37. The molecule has 1 aliphatic rings. The van der Waals surface area contributed by atoms with Crippen LogP contribution in [0.25, 0.3) is 110 Å². The van der Waals surface area contributed by atoms with E-state index in [2.05, 4.69) is 264 Å². The molecule has 0 unspecified atom stereocenters. The predicted molar refractivity (Wildman–Crippen MR) is 294 cm³/mol. The minimum absolute atomic E-state index is 0.322. The lowest BCUT2D eigenvalue weighted by molar-refractivity contribution is 0.529. The van der Waals surface area contributed by atoms with Crippen LogP contribution >= 0.6 is 0 Å². The fourth-order valence-electron chi connectivity index (χ4n) is 13.2. The molecule has 332 valence electrons. The van der Waals surface area contributed by atoms with E-state index in [1.807, 2.05) is 0 Å². The number of fused-ring (bicyclic) bond motifs is 16. The lowest BCUT2D eigenvalue weighted by Gasteiger charge is -2.45. The molecule has 0 aliphatic heterocycles. The Labute approximate surface area is 405 Å². The fourth-order valence-corrected chi connectivity index (χ4v) is 13.2. The molecule has 0 bridgehead atoms. The van der Waals surface area contributed by atoms with Gasteiger partial charge in [0.25, 0.3) is 0 Å². The highest BCUT2D eigenvalue weighted by Gasteiger charge is 2.45. The van der Waals surface area contributed by atoms with Crippen LogP contribution in [0.3, 0.4) is 0 Å². The molecule has 4 aromatic heterocycles. The second-order valence-corrected chi connectivity index (χ2v) is 20.5. The standard InChI is InChI=1S/C66H48N4/c1-65(2)51-33-37-60-62(48-26-14-18-30-56(48)70(60)44-32-36-58-50(40-44)46-24-12-16-28-54(46)68(58)42-21-9-6-10-22-42)64(51)66(3,4)52-34-38-59-61(63(52)65)47-25-13-17-29-55(47)69(59)43-31-35-57-49(39-43)45-23-11-15-27-53(45)67(57)41-19-7-5-8-20-41/h5-40H,1-4H3. The monoisotopic (exact) mass is 896 g/mol. The minimum atomic E-state index is -0.322. The van der Waals surface area contributed by atoms with Crippen LogP contribution in [0.4, 0.5) is 0 Å². The quantitative estimate of drug-likeness (QED) is 0.168. The molecule has 4 nitrogen and oxygen atoms in total. The van der Waals surface area contributed by atoms with Crippen LogP contribution in [0.5, 0.6) is 0 Å². The lowest BCUT2D eigenvalue weighted by atomic mass is 9.58. The molecule has 0 spiro atoms. The maximum absolute atomic E-state index is 2.52. The molecule has 10 aromatic carbocycles. The van der Waals surface area contributed by atoms with Crippen molar-refractivity contribution in [3.05, 3.63) is 241 Å². The van der Waals surface area contributed by atoms with E-state index in [4.69, 9.17) is 0 Å². The van der Waals surface area contributed by atoms with Crippen molar-refractivity contribution in [2.24, 2.45) is 0 Å². The summed E-state index contributed by atoms with van der Waals surface area (Å²) < 4.78 is 9.83. The topological polar surface area (TPSA) is 19.7 Å². The third-order valence-corrected chi connectivity index (χ3v) is 16.1. The van der Waals surface area contributed by atoms with E-state index in [1.54, 1.807) is 0 Å². The second-order valence-electron chi connectivity index (χ2n) is 20.5. The van der Waals surface area contributed by atoms with Gasteiger partial charge in [0.2, 0.25) is 0 Å². The Balaban J connectivity index is 0.949. The van der Waals surface area contributed by atoms with Gasteiger partial charge in [-0.25, -0.2) is 0 Å². The van der Waals surface area contributed by atoms with E-state index in [-0.39, 0.29) is 10.8 Å². The molecule has 0 radical (unpaired) electrons. The summed E-state index contributed by atoms with van der Waals surface area (Å²) in [6.07, 6.45) is 0. The SMILES string of the molecule is CC1(C)c2ccc3c(c2C(C)(C)c2ccc4c(c21)c1ccccc1n4-c1ccc2c(c1)c1ccccc1n2-c1ccccc1)c1ccccc1n3-c1ccc2c(c1)c1ccccc1n2-c1ccccc1. The van der Waals surface area contributed by atoms with E-state index >= 15 is 0 Å². The summed E-state index contributed by atoms with van der Waals surface area (Å²) in [7, 11) is 0. The number of hydrogen-bond donors (Lipinski definition) is 0. The van der Waals surface area contributed by atoms with Crippen LogP contribution in [-0.4, -0.2) is 18.3 Å². The number of para-hydroxylation sites is 6. The van der Waals surface area contributed by atoms with Crippen molar-refractivity contribution < 1.29 is 0 Å². The van der Waals surface area contributed by atoms with Crippen LogP contribution in [-0.2, 0) is 10.8 Å². The predicted octanol–water partition coefficient (Wildman–Crippen LogP) is 17.0. The summed E-state index contributed by atoms with van der Waals surface area (Å²) in [4.78, 5) is 0. The van der Waals surface area contributed by atoms with Gasteiger partial charge in [0.05, 0.1) is 44.1 Å². The molecule has 0 N–H and O–H groups in total. The third kappa shape index (κ3) is 5.10. The van der Waals surface area contributed by atoms with Crippen LogP contribution in [0.1, 0.15) is 49.9 Å². The summed E-state index contributed by atoms with van der Waals surface area (Å²) >= 11 is 0. The Morgan fingerprint density at radius 3 is 0.943 bits per heavy atom. The molecule has 14 aromatic rings. The summed E-state index contributed by atoms with van der Waals surface area (Å²) in [6.45, 7) is 9.88. The van der Waals surface area contributed by atoms with E-state index in [1.165, 1.54) is 132 Å². The maximum atomic E-state index is 2.52. The van der Waals surface area contributed by atoms with Crippen molar-refractivity contribution in [2.45, 2.75) is 38.5 Å². The first kappa shape index (κ1) is 39.4. The Kier molecular flexibility index (Phi) is 7.88. The first-order valence-corrected chi connectivity index (χ1v) is 24.6. The number of benzene rings is 10. The summed E-state index contributed by atoms with van der Waals surface area (Å²) in [6, 6.07) is 81.1. The summed E-state index contributed by atoms with van der Waals surface area (Å²) in [5.41, 5.74) is 19.4. The van der Waals surface area contributed by atoms with Gasteiger partial charge >= 0.3 is 0 Å². The van der Waals surface area contributed by atoms with Crippen LogP contribution < -0.4 is 0 Å². The molecule has 1 aliphatic carbocycles. The molecular weight excluding hydrogens is 849 g/mol. The number of aromatic nitrogens is 4. The Hall–Kier alpha value is -8.60. The molecule has 0 saturated carbocycles. The fraction of sp³-hybridized carbons (Fsp3) is 0.0909. The Morgan fingerprint density at radius 2 is 0.543 bits per heavy atom. The zero-order valence-corrected chi connectivity index (χ0v) is 39.6.